The molecule has 0 saturated heterocycles. The summed E-state index contributed by atoms with van der Waals surface area (Å²) in [6.07, 6.45) is 10.9. The lowest BCUT2D eigenvalue weighted by Crippen LogP contribution is -2.42. The molecule has 1 heterocycles. The summed E-state index contributed by atoms with van der Waals surface area (Å²) in [7, 11) is 0. The Balaban J connectivity index is 1.53. The van der Waals surface area contributed by atoms with Gasteiger partial charge in [-0.3, -0.25) is 9.59 Å². The molecule has 1 aromatic heterocycles. The average Bonchev–Trinajstić information content (AvgIpc) is 3.26. The Morgan fingerprint density at radius 2 is 1.81 bits per heavy atom. The van der Waals surface area contributed by atoms with Crippen molar-refractivity contribution in [2.24, 2.45) is 0 Å². The average molecular weight is 477 g/mol. The molecule has 1 fully saturated rings. The van der Waals surface area contributed by atoms with Crippen molar-refractivity contribution in [3.8, 4) is 10.6 Å². The Hall–Kier alpha value is -1.99. The van der Waals surface area contributed by atoms with Gasteiger partial charge in [0.2, 0.25) is 16.9 Å². The molecule has 0 bridgehead atoms. The van der Waals surface area contributed by atoms with Crippen LogP contribution in [0.4, 0.5) is 5.13 Å². The van der Waals surface area contributed by atoms with E-state index in [1.807, 2.05) is 17.0 Å². The number of carbonyl (C=O) groups is 2. The number of hydrogen-bond acceptors (Lipinski definition) is 5. The van der Waals surface area contributed by atoms with Crippen molar-refractivity contribution < 1.29 is 9.59 Å². The largest absolute Gasteiger partial charge is 0.339 e. The van der Waals surface area contributed by atoms with Gasteiger partial charge in [-0.25, -0.2) is 0 Å². The molecule has 1 aromatic carbocycles. The molecule has 32 heavy (non-hydrogen) atoms. The molecule has 0 radical (unpaired) electrons. The van der Waals surface area contributed by atoms with E-state index in [2.05, 4.69) is 22.4 Å². The number of halogens is 1. The van der Waals surface area contributed by atoms with E-state index < -0.39 is 0 Å². The van der Waals surface area contributed by atoms with Gasteiger partial charge in [-0.15, -0.1) is 10.2 Å². The second kappa shape index (κ2) is 12.9. The maximum atomic E-state index is 12.9. The molecule has 6 nitrogen and oxygen atoms in total. The first-order valence-corrected chi connectivity index (χ1v) is 12.9. The third-order valence-electron chi connectivity index (χ3n) is 5.92. The number of unbranched alkanes of at least 4 members (excludes halogenated alkanes) is 3. The fourth-order valence-corrected chi connectivity index (χ4v) is 5.03. The highest BCUT2D eigenvalue weighted by atomic mass is 35.5. The number of amides is 2. The second-order valence-electron chi connectivity index (χ2n) is 8.41. The topological polar surface area (TPSA) is 75.2 Å². The Labute approximate surface area is 199 Å². The van der Waals surface area contributed by atoms with Crippen molar-refractivity contribution in [3.05, 3.63) is 29.3 Å². The van der Waals surface area contributed by atoms with Crippen LogP contribution >= 0.6 is 22.9 Å². The number of nitrogens with zero attached hydrogens (tertiary/aromatic N) is 3. The minimum Gasteiger partial charge on any atom is -0.339 e. The molecule has 1 saturated carbocycles. The molecule has 0 aliphatic heterocycles. The number of carbonyl (C=O) groups excluding carboxylic acids is 2. The van der Waals surface area contributed by atoms with Crippen LogP contribution in [-0.4, -0.2) is 39.5 Å². The van der Waals surface area contributed by atoms with E-state index in [0.717, 1.165) is 55.5 Å². The molecule has 174 valence electrons. The van der Waals surface area contributed by atoms with Gasteiger partial charge >= 0.3 is 0 Å². The summed E-state index contributed by atoms with van der Waals surface area (Å²) in [5.41, 5.74) is 0.907. The van der Waals surface area contributed by atoms with E-state index in [9.17, 15) is 9.59 Å². The van der Waals surface area contributed by atoms with Crippen LogP contribution in [0.25, 0.3) is 10.6 Å². The highest BCUT2D eigenvalue weighted by Crippen LogP contribution is 2.28. The van der Waals surface area contributed by atoms with Gasteiger partial charge in [-0.05, 0) is 31.4 Å². The summed E-state index contributed by atoms with van der Waals surface area (Å²) >= 11 is 7.26. The minimum atomic E-state index is -0.136. The van der Waals surface area contributed by atoms with E-state index >= 15 is 0 Å². The molecule has 0 spiro atoms. The van der Waals surface area contributed by atoms with Gasteiger partial charge in [0.15, 0.2) is 0 Å². The van der Waals surface area contributed by atoms with Crippen LogP contribution in [-0.2, 0) is 9.59 Å². The summed E-state index contributed by atoms with van der Waals surface area (Å²) in [6.45, 7) is 2.64. The zero-order valence-electron chi connectivity index (χ0n) is 18.8. The summed E-state index contributed by atoms with van der Waals surface area (Å²) in [5.74, 6) is 0.0603. The number of rotatable bonds is 11. The van der Waals surface area contributed by atoms with Crippen molar-refractivity contribution in [1.82, 2.24) is 15.1 Å². The summed E-state index contributed by atoms with van der Waals surface area (Å²) in [6, 6.07) is 7.63. The molecular formula is C24H33ClN4O2S. The van der Waals surface area contributed by atoms with E-state index in [1.165, 1.54) is 24.2 Å². The normalized spacial score (nSPS) is 14.3. The van der Waals surface area contributed by atoms with Crippen LogP contribution in [0.2, 0.25) is 5.02 Å². The summed E-state index contributed by atoms with van der Waals surface area (Å²) in [5, 5.41) is 12.9. The molecule has 2 amide bonds. The van der Waals surface area contributed by atoms with Crippen LogP contribution in [0.5, 0.6) is 0 Å². The smallest absolute Gasteiger partial charge is 0.227 e. The van der Waals surface area contributed by atoms with E-state index in [-0.39, 0.29) is 24.3 Å². The number of nitrogens with one attached hydrogen (secondary N) is 1. The van der Waals surface area contributed by atoms with E-state index in [4.69, 9.17) is 11.6 Å². The van der Waals surface area contributed by atoms with Gasteiger partial charge in [-0.2, -0.15) is 0 Å². The third-order valence-corrected chi connectivity index (χ3v) is 7.06. The zero-order chi connectivity index (χ0) is 22.8. The van der Waals surface area contributed by atoms with Crippen LogP contribution in [0.3, 0.4) is 0 Å². The number of hydrogen-bond donors (Lipinski definition) is 1. The van der Waals surface area contributed by atoms with Crippen LogP contribution in [0, 0.1) is 0 Å². The molecular weight excluding hydrogens is 444 g/mol. The van der Waals surface area contributed by atoms with Crippen molar-refractivity contribution in [3.63, 3.8) is 0 Å². The predicted molar refractivity (Wildman–Crippen MR) is 131 cm³/mol. The Kier molecular flexibility index (Phi) is 9.93. The molecule has 1 aliphatic rings. The van der Waals surface area contributed by atoms with Gasteiger partial charge < -0.3 is 10.2 Å². The molecule has 8 heteroatoms. The van der Waals surface area contributed by atoms with Crippen molar-refractivity contribution in [2.75, 3.05) is 11.9 Å². The lowest BCUT2D eigenvalue weighted by atomic mass is 9.93. The fourth-order valence-electron chi connectivity index (χ4n) is 4.14. The summed E-state index contributed by atoms with van der Waals surface area (Å²) < 4.78 is 0. The minimum absolute atomic E-state index is 0.136. The number of aromatic nitrogens is 2. The molecule has 3 rings (SSSR count). The quantitative estimate of drug-likeness (QED) is 0.385. The van der Waals surface area contributed by atoms with Crippen LogP contribution in [0.15, 0.2) is 24.3 Å². The van der Waals surface area contributed by atoms with Crippen molar-refractivity contribution in [1.29, 1.82) is 0 Å². The maximum absolute atomic E-state index is 12.9. The van der Waals surface area contributed by atoms with Crippen LogP contribution < -0.4 is 5.32 Å². The first-order chi connectivity index (χ1) is 15.6. The van der Waals surface area contributed by atoms with Gasteiger partial charge in [-0.1, -0.05) is 80.5 Å². The van der Waals surface area contributed by atoms with E-state index in [0.29, 0.717) is 23.1 Å². The lowest BCUT2D eigenvalue weighted by molar-refractivity contribution is -0.134. The monoisotopic (exact) mass is 476 g/mol. The Bertz CT molecular complexity index is 865. The molecule has 0 unspecified atom stereocenters. The van der Waals surface area contributed by atoms with Gasteiger partial charge in [0.1, 0.15) is 5.01 Å². The van der Waals surface area contributed by atoms with Gasteiger partial charge in [0.05, 0.1) is 0 Å². The molecule has 0 atom stereocenters. The highest BCUT2D eigenvalue weighted by molar-refractivity contribution is 7.18. The molecule has 2 aromatic rings. The lowest BCUT2D eigenvalue weighted by Gasteiger charge is -2.34. The van der Waals surface area contributed by atoms with E-state index in [1.54, 1.807) is 12.1 Å². The Morgan fingerprint density at radius 3 is 2.53 bits per heavy atom. The third kappa shape index (κ3) is 7.55. The SMILES string of the molecule is CCCCCCC(=O)N(CCC(=O)Nc1nnc(-c2ccc(Cl)cc2)s1)C1CCCCC1. The first-order valence-electron chi connectivity index (χ1n) is 11.8. The predicted octanol–water partition coefficient (Wildman–Crippen LogP) is 6.32. The highest BCUT2D eigenvalue weighted by Gasteiger charge is 2.25. The standard InChI is InChI=1S/C24H33ClN4O2S/c1-2-3-4-8-11-22(31)29(20-9-6-5-7-10-20)17-16-21(30)26-24-28-27-23(32-24)18-12-14-19(25)15-13-18/h12-15,20H,2-11,16-17H2,1H3,(H,26,28,30). The first kappa shape index (κ1) is 24.6. The molecule has 1 N–H and O–H groups in total. The van der Waals surface area contributed by atoms with Gasteiger partial charge in [0.25, 0.3) is 0 Å². The number of benzene rings is 1. The molecule has 1 aliphatic carbocycles. The van der Waals surface area contributed by atoms with Crippen LogP contribution in [0.1, 0.15) is 77.6 Å². The Morgan fingerprint density at radius 1 is 1.06 bits per heavy atom. The van der Waals surface area contributed by atoms with Gasteiger partial charge in [0, 0.05) is 36.0 Å². The zero-order valence-corrected chi connectivity index (χ0v) is 20.4. The number of anilines is 1. The maximum Gasteiger partial charge on any atom is 0.227 e. The van der Waals surface area contributed by atoms with Crippen molar-refractivity contribution >= 4 is 39.9 Å². The summed E-state index contributed by atoms with van der Waals surface area (Å²) in [4.78, 5) is 27.5. The van der Waals surface area contributed by atoms with Crippen molar-refractivity contribution in [2.45, 2.75) is 83.6 Å². The fraction of sp³-hybridized carbons (Fsp3) is 0.583. The second-order valence-corrected chi connectivity index (χ2v) is 9.82.